The van der Waals surface area contributed by atoms with Crippen molar-refractivity contribution in [3.05, 3.63) is 23.0 Å². The Morgan fingerprint density at radius 3 is 2.64 bits per heavy atom. The molecule has 0 radical (unpaired) electrons. The van der Waals surface area contributed by atoms with Gasteiger partial charge in [0.1, 0.15) is 17.8 Å². The summed E-state index contributed by atoms with van der Waals surface area (Å²) in [4.78, 5) is 11.0. The van der Waals surface area contributed by atoms with Gasteiger partial charge in [-0.3, -0.25) is 4.79 Å². The van der Waals surface area contributed by atoms with Crippen LogP contribution in [0.5, 0.6) is 0 Å². The number of carbonyl (C=O) groups is 1. The Bertz CT molecular complexity index is 412. The van der Waals surface area contributed by atoms with Gasteiger partial charge in [0.25, 0.3) is 0 Å². The normalized spacial score (nSPS) is 12.1. The molecule has 1 aromatic rings. The van der Waals surface area contributed by atoms with E-state index in [1.807, 2.05) is 19.9 Å². The molecule has 1 amide bonds. The van der Waals surface area contributed by atoms with Crippen LogP contribution >= 0.6 is 0 Å². The standard InChI is InChI=1S/C10H13N3O/c1-6-4-7(2)13(9(6)5-11)8(3)10(12)14/h4,8H,1-3H3,(H2,12,14). The number of hydrogen-bond donors (Lipinski definition) is 1. The van der Waals surface area contributed by atoms with Crippen molar-refractivity contribution in [3.63, 3.8) is 0 Å². The van der Waals surface area contributed by atoms with Crippen LogP contribution in [-0.2, 0) is 4.79 Å². The molecule has 0 aliphatic carbocycles. The lowest BCUT2D eigenvalue weighted by atomic mass is 10.2. The first-order chi connectivity index (χ1) is 6.49. The third kappa shape index (κ3) is 1.49. The summed E-state index contributed by atoms with van der Waals surface area (Å²) in [5.74, 6) is -0.430. The second-order valence-electron chi connectivity index (χ2n) is 3.38. The van der Waals surface area contributed by atoms with Crippen LogP contribution in [0.15, 0.2) is 6.07 Å². The highest BCUT2D eigenvalue weighted by atomic mass is 16.1. The maximum absolute atomic E-state index is 11.0. The zero-order chi connectivity index (χ0) is 10.9. The monoisotopic (exact) mass is 191 g/mol. The maximum atomic E-state index is 11.0. The molecular weight excluding hydrogens is 178 g/mol. The molecule has 1 aromatic heterocycles. The van der Waals surface area contributed by atoms with Crippen molar-refractivity contribution in [1.29, 1.82) is 5.26 Å². The molecule has 0 aliphatic heterocycles. The molecule has 74 valence electrons. The predicted molar refractivity (Wildman–Crippen MR) is 52.5 cm³/mol. The lowest BCUT2D eigenvalue weighted by molar-refractivity contribution is -0.120. The zero-order valence-corrected chi connectivity index (χ0v) is 8.53. The molecule has 0 spiro atoms. The van der Waals surface area contributed by atoms with Gasteiger partial charge in [-0.1, -0.05) is 0 Å². The number of amides is 1. The van der Waals surface area contributed by atoms with Crippen molar-refractivity contribution in [3.8, 4) is 6.07 Å². The van der Waals surface area contributed by atoms with Crippen LogP contribution < -0.4 is 5.73 Å². The number of nitrogens with two attached hydrogens (primary N) is 1. The van der Waals surface area contributed by atoms with Gasteiger partial charge in [-0.05, 0) is 32.4 Å². The molecule has 1 unspecified atom stereocenters. The summed E-state index contributed by atoms with van der Waals surface area (Å²) in [5, 5.41) is 8.92. The van der Waals surface area contributed by atoms with Crippen LogP contribution in [-0.4, -0.2) is 10.5 Å². The lowest BCUT2D eigenvalue weighted by Crippen LogP contribution is -2.25. The van der Waals surface area contributed by atoms with Gasteiger partial charge in [0.2, 0.25) is 5.91 Å². The van der Waals surface area contributed by atoms with Crippen LogP contribution in [0.4, 0.5) is 0 Å². The van der Waals surface area contributed by atoms with E-state index >= 15 is 0 Å². The van der Waals surface area contributed by atoms with E-state index in [1.165, 1.54) is 0 Å². The first-order valence-electron chi connectivity index (χ1n) is 4.37. The van der Waals surface area contributed by atoms with Gasteiger partial charge in [-0.15, -0.1) is 0 Å². The number of aromatic nitrogens is 1. The molecule has 0 fully saturated rings. The van der Waals surface area contributed by atoms with E-state index in [0.717, 1.165) is 11.3 Å². The third-order valence-electron chi connectivity index (χ3n) is 2.32. The van der Waals surface area contributed by atoms with Gasteiger partial charge >= 0.3 is 0 Å². The molecule has 0 aromatic carbocycles. The first-order valence-corrected chi connectivity index (χ1v) is 4.37. The minimum atomic E-state index is -0.474. The summed E-state index contributed by atoms with van der Waals surface area (Å²) in [6.45, 7) is 5.39. The molecule has 1 atom stereocenters. The summed E-state index contributed by atoms with van der Waals surface area (Å²) in [5.41, 5.74) is 7.46. The summed E-state index contributed by atoms with van der Waals surface area (Å²) in [6.07, 6.45) is 0. The Labute approximate surface area is 82.9 Å². The molecule has 2 N–H and O–H groups in total. The smallest absolute Gasteiger partial charge is 0.240 e. The third-order valence-corrected chi connectivity index (χ3v) is 2.32. The fourth-order valence-corrected chi connectivity index (χ4v) is 1.59. The molecule has 0 aliphatic rings. The van der Waals surface area contributed by atoms with Gasteiger partial charge in [-0.2, -0.15) is 5.26 Å². The van der Waals surface area contributed by atoms with Crippen LogP contribution in [0, 0.1) is 25.2 Å². The summed E-state index contributed by atoms with van der Waals surface area (Å²) < 4.78 is 1.66. The Hall–Kier alpha value is -1.76. The maximum Gasteiger partial charge on any atom is 0.240 e. The fourth-order valence-electron chi connectivity index (χ4n) is 1.59. The second kappa shape index (κ2) is 3.54. The number of nitrogens with zero attached hydrogens (tertiary/aromatic N) is 2. The van der Waals surface area contributed by atoms with Crippen LogP contribution in [0.3, 0.4) is 0 Å². The first kappa shape index (κ1) is 10.3. The minimum Gasteiger partial charge on any atom is -0.368 e. The predicted octanol–water partition coefficient (Wildman–Crippen LogP) is 1.02. The molecule has 0 bridgehead atoms. The van der Waals surface area contributed by atoms with E-state index in [-0.39, 0.29) is 0 Å². The van der Waals surface area contributed by atoms with E-state index in [4.69, 9.17) is 11.0 Å². The van der Waals surface area contributed by atoms with Crippen LogP contribution in [0.25, 0.3) is 0 Å². The highest BCUT2D eigenvalue weighted by molar-refractivity contribution is 5.78. The Balaban J connectivity index is 3.33. The summed E-state index contributed by atoms with van der Waals surface area (Å²) >= 11 is 0. The van der Waals surface area contributed by atoms with E-state index in [9.17, 15) is 4.79 Å². The van der Waals surface area contributed by atoms with Gasteiger partial charge < -0.3 is 10.3 Å². The summed E-state index contributed by atoms with van der Waals surface area (Å²) in [7, 11) is 0. The average molecular weight is 191 g/mol. The zero-order valence-electron chi connectivity index (χ0n) is 8.53. The minimum absolute atomic E-state index is 0.430. The number of nitriles is 1. The number of aryl methyl sites for hydroxylation is 2. The summed E-state index contributed by atoms with van der Waals surface area (Å²) in [6, 6.07) is 3.47. The van der Waals surface area contributed by atoms with E-state index < -0.39 is 11.9 Å². The molecule has 1 rings (SSSR count). The van der Waals surface area contributed by atoms with Gasteiger partial charge in [-0.25, -0.2) is 0 Å². The molecule has 0 saturated heterocycles. The van der Waals surface area contributed by atoms with Crippen molar-refractivity contribution < 1.29 is 4.79 Å². The van der Waals surface area contributed by atoms with Crippen molar-refractivity contribution in [1.82, 2.24) is 4.57 Å². The molecule has 0 saturated carbocycles. The quantitative estimate of drug-likeness (QED) is 0.758. The SMILES string of the molecule is Cc1cc(C)n(C(C)C(N)=O)c1C#N. The number of primary amides is 1. The fraction of sp³-hybridized carbons (Fsp3) is 0.400. The topological polar surface area (TPSA) is 71.8 Å². The Morgan fingerprint density at radius 2 is 2.21 bits per heavy atom. The Morgan fingerprint density at radius 1 is 1.64 bits per heavy atom. The van der Waals surface area contributed by atoms with Gasteiger partial charge in [0, 0.05) is 5.69 Å². The van der Waals surface area contributed by atoms with E-state index in [1.54, 1.807) is 11.5 Å². The Kier molecular flexibility index (Phi) is 2.61. The lowest BCUT2D eigenvalue weighted by Gasteiger charge is -2.13. The average Bonchev–Trinajstić information content (AvgIpc) is 2.38. The van der Waals surface area contributed by atoms with Gasteiger partial charge in [0.05, 0.1) is 0 Å². The second-order valence-corrected chi connectivity index (χ2v) is 3.38. The van der Waals surface area contributed by atoms with Gasteiger partial charge in [0.15, 0.2) is 0 Å². The van der Waals surface area contributed by atoms with E-state index in [2.05, 4.69) is 6.07 Å². The highest BCUT2D eigenvalue weighted by Crippen LogP contribution is 2.19. The van der Waals surface area contributed by atoms with Crippen LogP contribution in [0.1, 0.15) is 29.9 Å². The largest absolute Gasteiger partial charge is 0.368 e. The number of hydrogen-bond acceptors (Lipinski definition) is 2. The number of rotatable bonds is 2. The molecule has 4 nitrogen and oxygen atoms in total. The molecule has 4 heteroatoms. The highest BCUT2D eigenvalue weighted by Gasteiger charge is 2.18. The molecule has 1 heterocycles. The van der Waals surface area contributed by atoms with Crippen molar-refractivity contribution in [2.24, 2.45) is 5.73 Å². The van der Waals surface area contributed by atoms with E-state index in [0.29, 0.717) is 5.69 Å². The van der Waals surface area contributed by atoms with Crippen molar-refractivity contribution >= 4 is 5.91 Å². The molecular formula is C10H13N3O. The number of carbonyl (C=O) groups excluding carboxylic acids is 1. The molecule has 14 heavy (non-hydrogen) atoms. The van der Waals surface area contributed by atoms with Crippen molar-refractivity contribution in [2.45, 2.75) is 26.8 Å². The van der Waals surface area contributed by atoms with Crippen molar-refractivity contribution in [2.75, 3.05) is 0 Å². The van der Waals surface area contributed by atoms with Crippen LogP contribution in [0.2, 0.25) is 0 Å².